The first-order valence-electron chi connectivity index (χ1n) is 6.46. The van der Waals surface area contributed by atoms with Gasteiger partial charge in [-0.05, 0) is 30.9 Å². The number of nitrogens with one attached hydrogen (secondary N) is 1. The summed E-state index contributed by atoms with van der Waals surface area (Å²) in [5.74, 6) is 0.583. The van der Waals surface area contributed by atoms with Crippen molar-refractivity contribution in [1.82, 2.24) is 0 Å². The number of aryl methyl sites for hydroxylation is 1. The molecular weight excluding hydrogens is 224 g/mol. The molecule has 0 amide bonds. The predicted octanol–water partition coefficient (Wildman–Crippen LogP) is 3.34. The quantitative estimate of drug-likeness (QED) is 0.750. The summed E-state index contributed by atoms with van der Waals surface area (Å²) in [6.45, 7) is 8.71. The van der Waals surface area contributed by atoms with E-state index in [4.69, 9.17) is 10.00 Å². The van der Waals surface area contributed by atoms with Gasteiger partial charge in [0.1, 0.15) is 6.07 Å². The molecule has 1 aromatic rings. The molecule has 0 unspecified atom stereocenters. The van der Waals surface area contributed by atoms with Crippen LogP contribution in [0.25, 0.3) is 0 Å². The Hall–Kier alpha value is -1.53. The maximum atomic E-state index is 9.03. The summed E-state index contributed by atoms with van der Waals surface area (Å²) in [6, 6.07) is 7.97. The molecule has 0 saturated heterocycles. The van der Waals surface area contributed by atoms with Crippen LogP contribution in [0, 0.1) is 24.2 Å². The van der Waals surface area contributed by atoms with E-state index in [2.05, 4.69) is 25.2 Å². The summed E-state index contributed by atoms with van der Waals surface area (Å²) in [5, 5.41) is 12.3. The average molecular weight is 246 g/mol. The van der Waals surface area contributed by atoms with Gasteiger partial charge in [0.15, 0.2) is 0 Å². The fourth-order valence-electron chi connectivity index (χ4n) is 1.70. The smallest absolute Gasteiger partial charge is 0.101 e. The summed E-state index contributed by atoms with van der Waals surface area (Å²) in [6.07, 6.45) is 0.950. The first-order valence-corrected chi connectivity index (χ1v) is 6.46. The van der Waals surface area contributed by atoms with E-state index in [1.165, 1.54) is 0 Å². The summed E-state index contributed by atoms with van der Waals surface area (Å²) < 4.78 is 5.51. The Kier molecular flexibility index (Phi) is 6.24. The Bertz CT molecular complexity index is 407. The van der Waals surface area contributed by atoms with E-state index in [0.717, 1.165) is 37.4 Å². The number of nitrogens with zero attached hydrogens (tertiary/aromatic N) is 1. The van der Waals surface area contributed by atoms with Crippen LogP contribution < -0.4 is 5.32 Å². The molecule has 1 rings (SSSR count). The lowest BCUT2D eigenvalue weighted by atomic mass is 10.1. The Morgan fingerprint density at radius 1 is 1.39 bits per heavy atom. The molecule has 1 N–H and O–H groups in total. The number of hydrogen-bond acceptors (Lipinski definition) is 3. The van der Waals surface area contributed by atoms with Gasteiger partial charge in [0, 0.05) is 19.8 Å². The summed E-state index contributed by atoms with van der Waals surface area (Å²) in [7, 11) is 0. The Morgan fingerprint density at radius 3 is 2.83 bits per heavy atom. The highest BCUT2D eigenvalue weighted by Gasteiger charge is 2.03. The molecule has 0 spiro atoms. The second kappa shape index (κ2) is 7.73. The number of nitriles is 1. The second-order valence-electron chi connectivity index (χ2n) is 4.86. The molecule has 0 radical (unpaired) electrons. The standard InChI is InChI=1S/C15H22N2O/c1-12(2)11-18-9-5-8-17-15-13(3)6-4-7-14(15)10-16/h4,6-7,12,17H,5,8-9,11H2,1-3H3. The third-order valence-corrected chi connectivity index (χ3v) is 2.61. The van der Waals surface area contributed by atoms with Crippen LogP contribution >= 0.6 is 0 Å². The number of benzene rings is 1. The van der Waals surface area contributed by atoms with E-state index in [0.29, 0.717) is 11.5 Å². The van der Waals surface area contributed by atoms with Gasteiger partial charge in [-0.15, -0.1) is 0 Å². The molecule has 98 valence electrons. The van der Waals surface area contributed by atoms with E-state index in [9.17, 15) is 0 Å². The molecule has 0 aliphatic carbocycles. The topological polar surface area (TPSA) is 45.0 Å². The lowest BCUT2D eigenvalue weighted by Crippen LogP contribution is -2.09. The van der Waals surface area contributed by atoms with E-state index in [-0.39, 0.29) is 0 Å². The van der Waals surface area contributed by atoms with E-state index in [1.54, 1.807) is 0 Å². The number of rotatable bonds is 7. The molecule has 3 nitrogen and oxygen atoms in total. The number of hydrogen-bond donors (Lipinski definition) is 1. The molecule has 0 aliphatic rings. The molecule has 18 heavy (non-hydrogen) atoms. The molecule has 0 aliphatic heterocycles. The molecule has 0 aromatic heterocycles. The normalized spacial score (nSPS) is 10.4. The zero-order valence-corrected chi connectivity index (χ0v) is 11.5. The summed E-state index contributed by atoms with van der Waals surface area (Å²) in [4.78, 5) is 0. The van der Waals surface area contributed by atoms with E-state index < -0.39 is 0 Å². The molecule has 3 heteroatoms. The van der Waals surface area contributed by atoms with E-state index in [1.807, 2.05) is 25.1 Å². The van der Waals surface area contributed by atoms with Crippen molar-refractivity contribution in [2.45, 2.75) is 27.2 Å². The van der Waals surface area contributed by atoms with Gasteiger partial charge in [-0.1, -0.05) is 26.0 Å². The highest BCUT2D eigenvalue weighted by atomic mass is 16.5. The second-order valence-corrected chi connectivity index (χ2v) is 4.86. The van der Waals surface area contributed by atoms with Gasteiger partial charge in [-0.3, -0.25) is 0 Å². The van der Waals surface area contributed by atoms with Crippen LogP contribution in [0.2, 0.25) is 0 Å². The minimum Gasteiger partial charge on any atom is -0.384 e. The Morgan fingerprint density at radius 2 is 2.17 bits per heavy atom. The lowest BCUT2D eigenvalue weighted by Gasteiger charge is -2.11. The SMILES string of the molecule is Cc1cccc(C#N)c1NCCCOCC(C)C. The molecule has 0 atom stereocenters. The largest absolute Gasteiger partial charge is 0.384 e. The van der Waals surface area contributed by atoms with Crippen molar-refractivity contribution < 1.29 is 4.74 Å². The van der Waals surface area contributed by atoms with Gasteiger partial charge in [0.25, 0.3) is 0 Å². The maximum Gasteiger partial charge on any atom is 0.101 e. The number of anilines is 1. The molecule has 0 fully saturated rings. The van der Waals surface area contributed by atoms with Crippen molar-refractivity contribution >= 4 is 5.69 Å². The van der Waals surface area contributed by atoms with Crippen molar-refractivity contribution in [3.63, 3.8) is 0 Å². The van der Waals surface area contributed by atoms with Crippen LogP contribution in [0.1, 0.15) is 31.4 Å². The lowest BCUT2D eigenvalue weighted by molar-refractivity contribution is 0.110. The fraction of sp³-hybridized carbons (Fsp3) is 0.533. The van der Waals surface area contributed by atoms with Gasteiger partial charge in [0.2, 0.25) is 0 Å². The summed E-state index contributed by atoms with van der Waals surface area (Å²) >= 11 is 0. The monoisotopic (exact) mass is 246 g/mol. The maximum absolute atomic E-state index is 9.03. The first-order chi connectivity index (χ1) is 8.65. The van der Waals surface area contributed by atoms with Crippen molar-refractivity contribution in [2.75, 3.05) is 25.1 Å². The van der Waals surface area contributed by atoms with Gasteiger partial charge in [-0.2, -0.15) is 5.26 Å². The van der Waals surface area contributed by atoms with Crippen LogP contribution in [-0.4, -0.2) is 19.8 Å². The third kappa shape index (κ3) is 4.77. The van der Waals surface area contributed by atoms with Gasteiger partial charge < -0.3 is 10.1 Å². The van der Waals surface area contributed by atoms with Gasteiger partial charge >= 0.3 is 0 Å². The van der Waals surface area contributed by atoms with Crippen molar-refractivity contribution in [3.05, 3.63) is 29.3 Å². The van der Waals surface area contributed by atoms with Crippen molar-refractivity contribution in [2.24, 2.45) is 5.92 Å². The van der Waals surface area contributed by atoms with Crippen molar-refractivity contribution in [3.8, 4) is 6.07 Å². The minimum absolute atomic E-state index is 0.583. The van der Waals surface area contributed by atoms with Crippen LogP contribution in [0.3, 0.4) is 0 Å². The fourth-order valence-corrected chi connectivity index (χ4v) is 1.70. The molecule has 1 aromatic carbocycles. The molecule has 0 heterocycles. The number of para-hydroxylation sites is 1. The third-order valence-electron chi connectivity index (χ3n) is 2.61. The highest BCUT2D eigenvalue weighted by molar-refractivity contribution is 5.62. The average Bonchev–Trinajstić information content (AvgIpc) is 2.34. The predicted molar refractivity (Wildman–Crippen MR) is 74.7 cm³/mol. The Labute approximate surface area is 110 Å². The van der Waals surface area contributed by atoms with Crippen LogP contribution in [0.5, 0.6) is 0 Å². The first kappa shape index (κ1) is 14.5. The number of ether oxygens (including phenoxy) is 1. The molecular formula is C15H22N2O. The Balaban J connectivity index is 2.34. The zero-order valence-electron chi connectivity index (χ0n) is 11.5. The minimum atomic E-state index is 0.583. The van der Waals surface area contributed by atoms with Crippen LogP contribution in [-0.2, 0) is 4.74 Å². The van der Waals surface area contributed by atoms with Crippen LogP contribution in [0.15, 0.2) is 18.2 Å². The summed E-state index contributed by atoms with van der Waals surface area (Å²) in [5.41, 5.74) is 2.76. The van der Waals surface area contributed by atoms with Crippen molar-refractivity contribution in [1.29, 1.82) is 5.26 Å². The molecule has 0 bridgehead atoms. The zero-order chi connectivity index (χ0) is 13.4. The van der Waals surface area contributed by atoms with Crippen LogP contribution in [0.4, 0.5) is 5.69 Å². The van der Waals surface area contributed by atoms with E-state index >= 15 is 0 Å². The molecule has 0 saturated carbocycles. The van der Waals surface area contributed by atoms with Gasteiger partial charge in [0.05, 0.1) is 11.3 Å². The highest BCUT2D eigenvalue weighted by Crippen LogP contribution is 2.19. The van der Waals surface area contributed by atoms with Gasteiger partial charge in [-0.25, -0.2) is 0 Å².